The Morgan fingerprint density at radius 1 is 0.642 bits per heavy atom. The molecule has 0 heterocycles. The number of nitrogens with zero attached hydrogens (tertiary/aromatic N) is 1. The van der Waals surface area contributed by atoms with E-state index in [1.807, 2.05) is 21.1 Å². The van der Waals surface area contributed by atoms with Crippen LogP contribution in [0.3, 0.4) is 0 Å². The molecule has 0 spiro atoms. The van der Waals surface area contributed by atoms with Gasteiger partial charge in [-0.25, -0.2) is 0 Å². The highest BCUT2D eigenvalue weighted by molar-refractivity contribution is 7.45. The van der Waals surface area contributed by atoms with Crippen molar-refractivity contribution in [3.05, 3.63) is 12.2 Å². The van der Waals surface area contributed by atoms with E-state index in [1.54, 1.807) is 0 Å². The van der Waals surface area contributed by atoms with E-state index in [2.05, 4.69) is 31.3 Å². The fraction of sp³-hybridized carbons (Fsp3) is 0.932. The molecule has 0 aromatic rings. The molecule has 0 bridgehead atoms. The van der Waals surface area contributed by atoms with E-state index in [1.165, 1.54) is 128 Å². The number of likely N-dealkylation sites (N-methyl/N-ethyl adjacent to an activating group) is 1. The second-order valence-electron chi connectivity index (χ2n) is 16.8. The smallest absolute Gasteiger partial charge is 0.268 e. The molecule has 0 aliphatic heterocycles. The van der Waals surface area contributed by atoms with Crippen LogP contribution in [0, 0.1) is 0 Å². The Bertz CT molecular complexity index is 880. The predicted octanol–water partition coefficient (Wildman–Crippen LogP) is 11.7. The zero-order valence-electron chi connectivity index (χ0n) is 35.7. The van der Waals surface area contributed by atoms with Crippen molar-refractivity contribution < 1.29 is 32.9 Å². The van der Waals surface area contributed by atoms with Crippen LogP contribution in [-0.2, 0) is 18.4 Å². The number of aliphatic hydroxyl groups is 1. The Morgan fingerprint density at radius 3 is 1.53 bits per heavy atom. The number of phosphoric acid groups is 1. The van der Waals surface area contributed by atoms with Crippen LogP contribution in [0.25, 0.3) is 0 Å². The van der Waals surface area contributed by atoms with Crippen molar-refractivity contribution in [3.8, 4) is 0 Å². The third-order valence-corrected chi connectivity index (χ3v) is 11.2. The molecule has 8 nitrogen and oxygen atoms in total. The van der Waals surface area contributed by atoms with Crippen molar-refractivity contribution >= 4 is 13.7 Å². The van der Waals surface area contributed by atoms with Gasteiger partial charge in [0.05, 0.1) is 39.9 Å². The van der Waals surface area contributed by atoms with E-state index < -0.39 is 20.0 Å². The number of aliphatic hydroxyl groups excluding tert-OH is 1. The maximum Gasteiger partial charge on any atom is 0.268 e. The predicted molar refractivity (Wildman–Crippen MR) is 224 cm³/mol. The Labute approximate surface area is 329 Å². The number of allylic oxidation sites excluding steroid dienone is 2. The molecule has 0 saturated heterocycles. The summed E-state index contributed by atoms with van der Waals surface area (Å²) in [6.07, 6.45) is 40.8. The van der Waals surface area contributed by atoms with Gasteiger partial charge in [-0.2, -0.15) is 0 Å². The maximum atomic E-state index is 12.8. The lowest BCUT2D eigenvalue weighted by Gasteiger charge is -2.30. The summed E-state index contributed by atoms with van der Waals surface area (Å²) < 4.78 is 23.2. The van der Waals surface area contributed by atoms with Crippen molar-refractivity contribution in [1.82, 2.24) is 5.32 Å². The molecule has 1 amide bonds. The van der Waals surface area contributed by atoms with Gasteiger partial charge in [0.25, 0.3) is 7.82 Å². The van der Waals surface area contributed by atoms with Crippen LogP contribution in [-0.4, -0.2) is 68.5 Å². The van der Waals surface area contributed by atoms with Crippen molar-refractivity contribution in [2.24, 2.45) is 0 Å². The number of amides is 1. The number of carbonyl (C=O) groups excluding carboxylic acids is 1. The molecule has 3 atom stereocenters. The molecule has 0 aliphatic carbocycles. The van der Waals surface area contributed by atoms with E-state index in [0.717, 1.165) is 57.8 Å². The lowest BCUT2D eigenvalue weighted by molar-refractivity contribution is -0.870. The molecule has 316 valence electrons. The number of quaternary nitrogens is 1. The zero-order valence-corrected chi connectivity index (χ0v) is 36.6. The summed E-state index contributed by atoms with van der Waals surface area (Å²) in [4.78, 5) is 25.2. The maximum absolute atomic E-state index is 12.8. The fourth-order valence-electron chi connectivity index (χ4n) is 6.61. The summed E-state index contributed by atoms with van der Waals surface area (Å²) in [7, 11) is 1.30. The summed E-state index contributed by atoms with van der Waals surface area (Å²) in [5.74, 6) is -0.178. The average molecular weight is 773 g/mol. The third-order valence-electron chi connectivity index (χ3n) is 10.3. The van der Waals surface area contributed by atoms with Crippen molar-refractivity contribution in [2.45, 2.75) is 225 Å². The standard InChI is InChI=1S/C44H89N2O6P/c1-6-8-10-12-14-16-18-19-20-21-22-23-24-25-26-27-28-29-31-33-35-37-43(47)42(41-52-53(49,50)51-40-39-46(3,4)5)45-44(48)38-36-34-32-30-17-15-13-11-9-7-2/h13,15,42-43,47H,6-12,14,16-41H2,1-5H3,(H-,45,48,49,50)/b15-13-. The molecule has 0 aromatic carbocycles. The topological polar surface area (TPSA) is 108 Å². The van der Waals surface area contributed by atoms with Crippen LogP contribution in [0.4, 0.5) is 0 Å². The minimum Gasteiger partial charge on any atom is -0.756 e. The summed E-state index contributed by atoms with van der Waals surface area (Å²) in [5, 5.41) is 13.9. The Balaban J connectivity index is 4.24. The molecule has 0 aliphatic rings. The quantitative estimate of drug-likeness (QED) is 0.0277. The van der Waals surface area contributed by atoms with Gasteiger partial charge in [0, 0.05) is 6.42 Å². The zero-order chi connectivity index (χ0) is 39.3. The summed E-state index contributed by atoms with van der Waals surface area (Å²) >= 11 is 0. The third kappa shape index (κ3) is 39.3. The van der Waals surface area contributed by atoms with Crippen LogP contribution in [0.15, 0.2) is 12.2 Å². The first-order valence-corrected chi connectivity index (χ1v) is 24.0. The Kier molecular flexibility index (Phi) is 36.3. The molecule has 0 aromatic heterocycles. The molecule has 2 N–H and O–H groups in total. The second-order valence-corrected chi connectivity index (χ2v) is 18.2. The SMILES string of the molecule is CCCC/C=C\CCCCCCC(=O)NC(COP(=O)([O-])OCC[N+](C)(C)C)C(O)CCCCCCCCCCCCCCCCCCCCCCC. The monoisotopic (exact) mass is 773 g/mol. The minimum absolute atomic E-state index is 0.0117. The van der Waals surface area contributed by atoms with Gasteiger partial charge in [0.2, 0.25) is 5.91 Å². The van der Waals surface area contributed by atoms with Gasteiger partial charge in [-0.05, 0) is 32.1 Å². The first-order chi connectivity index (χ1) is 25.5. The number of phosphoric ester groups is 1. The molecule has 9 heteroatoms. The van der Waals surface area contributed by atoms with Crippen molar-refractivity contribution in [3.63, 3.8) is 0 Å². The number of hydrogen-bond donors (Lipinski definition) is 2. The Hall–Kier alpha value is -0.760. The van der Waals surface area contributed by atoms with Crippen LogP contribution in [0.2, 0.25) is 0 Å². The summed E-state index contributed by atoms with van der Waals surface area (Å²) in [6, 6.07) is -0.801. The molecule has 3 unspecified atom stereocenters. The minimum atomic E-state index is -4.56. The van der Waals surface area contributed by atoms with Gasteiger partial charge < -0.3 is 28.8 Å². The van der Waals surface area contributed by atoms with Crippen LogP contribution >= 0.6 is 7.82 Å². The molecular formula is C44H89N2O6P. The first kappa shape index (κ1) is 52.2. The van der Waals surface area contributed by atoms with E-state index in [4.69, 9.17) is 9.05 Å². The van der Waals surface area contributed by atoms with Crippen LogP contribution < -0.4 is 10.2 Å². The highest BCUT2D eigenvalue weighted by Gasteiger charge is 2.24. The summed E-state index contributed by atoms with van der Waals surface area (Å²) in [5.41, 5.74) is 0. The van der Waals surface area contributed by atoms with E-state index in [9.17, 15) is 19.4 Å². The largest absolute Gasteiger partial charge is 0.756 e. The number of hydrogen-bond acceptors (Lipinski definition) is 6. The molecule has 0 fully saturated rings. The highest BCUT2D eigenvalue weighted by atomic mass is 31.2. The summed E-state index contributed by atoms with van der Waals surface area (Å²) in [6.45, 7) is 4.67. The lowest BCUT2D eigenvalue weighted by Crippen LogP contribution is -2.46. The first-order valence-electron chi connectivity index (χ1n) is 22.5. The molecule has 0 radical (unpaired) electrons. The highest BCUT2D eigenvalue weighted by Crippen LogP contribution is 2.38. The van der Waals surface area contributed by atoms with E-state index in [0.29, 0.717) is 23.9 Å². The number of carbonyl (C=O) groups is 1. The number of rotatable bonds is 41. The molecule has 0 saturated carbocycles. The van der Waals surface area contributed by atoms with Gasteiger partial charge in [-0.1, -0.05) is 187 Å². The normalized spacial score (nSPS) is 14.5. The number of nitrogens with one attached hydrogen (secondary N) is 1. The van der Waals surface area contributed by atoms with Crippen molar-refractivity contribution in [2.75, 3.05) is 40.9 Å². The average Bonchev–Trinajstić information content (AvgIpc) is 3.10. The fourth-order valence-corrected chi connectivity index (χ4v) is 7.33. The molecular weight excluding hydrogens is 683 g/mol. The van der Waals surface area contributed by atoms with Gasteiger partial charge in [0.1, 0.15) is 13.2 Å². The van der Waals surface area contributed by atoms with E-state index in [-0.39, 0.29) is 19.1 Å². The lowest BCUT2D eigenvalue weighted by atomic mass is 10.0. The number of unbranched alkanes of at least 4 members (excludes halogenated alkanes) is 26. The second kappa shape index (κ2) is 36.9. The van der Waals surface area contributed by atoms with Gasteiger partial charge in [0.15, 0.2) is 0 Å². The van der Waals surface area contributed by atoms with Crippen molar-refractivity contribution in [1.29, 1.82) is 0 Å². The molecule has 0 rings (SSSR count). The Morgan fingerprint density at radius 2 is 1.06 bits per heavy atom. The van der Waals surface area contributed by atoms with Gasteiger partial charge in [-0.15, -0.1) is 0 Å². The van der Waals surface area contributed by atoms with E-state index >= 15 is 0 Å². The van der Waals surface area contributed by atoms with Gasteiger partial charge in [-0.3, -0.25) is 9.36 Å². The van der Waals surface area contributed by atoms with Gasteiger partial charge >= 0.3 is 0 Å². The van der Waals surface area contributed by atoms with Crippen LogP contribution in [0.5, 0.6) is 0 Å². The van der Waals surface area contributed by atoms with Crippen LogP contribution in [0.1, 0.15) is 213 Å². The molecule has 53 heavy (non-hydrogen) atoms.